The quantitative estimate of drug-likeness (QED) is 0.818. The second-order valence-corrected chi connectivity index (χ2v) is 4.34. The van der Waals surface area contributed by atoms with E-state index in [1.807, 2.05) is 30.3 Å². The van der Waals surface area contributed by atoms with Crippen LogP contribution in [0.5, 0.6) is 5.75 Å². The van der Waals surface area contributed by atoms with E-state index < -0.39 is 5.82 Å². The van der Waals surface area contributed by atoms with Gasteiger partial charge in [-0.2, -0.15) is 5.26 Å². The normalized spacial score (nSPS) is 9.71. The minimum atomic E-state index is -0.529. The number of hydrogen-bond donors (Lipinski definition) is 1. The molecule has 0 heterocycles. The molecule has 0 fully saturated rings. The number of para-hydroxylation sites is 1. The third kappa shape index (κ3) is 3.61. The molecule has 1 N–H and O–H groups in total. The fourth-order valence-corrected chi connectivity index (χ4v) is 1.91. The van der Waals surface area contributed by atoms with Gasteiger partial charge in [0, 0.05) is 12.1 Å². The van der Waals surface area contributed by atoms with E-state index in [4.69, 9.17) is 10.00 Å². The van der Waals surface area contributed by atoms with Crippen molar-refractivity contribution in [3.63, 3.8) is 0 Å². The van der Waals surface area contributed by atoms with Crippen molar-refractivity contribution in [2.45, 2.75) is 6.54 Å². The van der Waals surface area contributed by atoms with Gasteiger partial charge >= 0.3 is 0 Å². The van der Waals surface area contributed by atoms with Gasteiger partial charge in [0.05, 0.1) is 5.69 Å². The van der Waals surface area contributed by atoms with Crippen LogP contribution < -0.4 is 10.1 Å². The summed E-state index contributed by atoms with van der Waals surface area (Å²) in [6.07, 6.45) is 1.67. The number of halogens is 1. The van der Waals surface area contributed by atoms with E-state index in [-0.39, 0.29) is 5.56 Å². The van der Waals surface area contributed by atoms with Crippen LogP contribution in [0.25, 0.3) is 0 Å². The molecule has 0 amide bonds. The molecule has 0 atom stereocenters. The predicted molar refractivity (Wildman–Crippen MR) is 80.6 cm³/mol. The van der Waals surface area contributed by atoms with E-state index in [0.717, 1.165) is 11.3 Å². The zero-order valence-corrected chi connectivity index (χ0v) is 11.5. The standard InChI is InChI=1S/C17H15FN2O/c1-2-10-21-17-9-4-3-6-13(17)12-20-16-8-5-7-15(18)14(16)11-19/h2-9,20H,1,10,12H2. The Balaban J connectivity index is 2.16. The fourth-order valence-electron chi connectivity index (χ4n) is 1.91. The number of benzene rings is 2. The molecule has 0 aliphatic rings. The third-order valence-electron chi connectivity index (χ3n) is 2.92. The van der Waals surface area contributed by atoms with Crippen LogP contribution in [0.2, 0.25) is 0 Å². The lowest BCUT2D eigenvalue weighted by atomic mass is 10.1. The van der Waals surface area contributed by atoms with Crippen LogP contribution in [0.3, 0.4) is 0 Å². The number of nitriles is 1. The Morgan fingerprint density at radius 3 is 2.81 bits per heavy atom. The molecule has 0 saturated heterocycles. The van der Waals surface area contributed by atoms with E-state index in [1.54, 1.807) is 18.2 Å². The average Bonchev–Trinajstić information content (AvgIpc) is 2.51. The highest BCUT2D eigenvalue weighted by Crippen LogP contribution is 2.22. The molecule has 0 saturated carbocycles. The molecule has 0 aromatic heterocycles. The first-order valence-electron chi connectivity index (χ1n) is 6.50. The topological polar surface area (TPSA) is 45.0 Å². The molecule has 4 heteroatoms. The van der Waals surface area contributed by atoms with Crippen molar-refractivity contribution in [3.05, 3.63) is 72.1 Å². The van der Waals surface area contributed by atoms with Gasteiger partial charge in [-0.25, -0.2) is 4.39 Å². The minimum Gasteiger partial charge on any atom is -0.489 e. The number of nitrogens with one attached hydrogen (secondary N) is 1. The molecule has 0 radical (unpaired) electrons. The van der Waals surface area contributed by atoms with Gasteiger partial charge in [0.15, 0.2) is 0 Å². The number of ether oxygens (including phenoxy) is 1. The Morgan fingerprint density at radius 2 is 2.05 bits per heavy atom. The van der Waals surface area contributed by atoms with Crippen molar-refractivity contribution in [1.29, 1.82) is 5.26 Å². The Hall–Kier alpha value is -2.80. The summed E-state index contributed by atoms with van der Waals surface area (Å²) in [7, 11) is 0. The number of rotatable bonds is 6. The zero-order valence-electron chi connectivity index (χ0n) is 11.5. The summed E-state index contributed by atoms with van der Waals surface area (Å²) in [5.41, 5.74) is 1.41. The first-order valence-corrected chi connectivity index (χ1v) is 6.50. The molecule has 0 aliphatic carbocycles. The Bertz CT molecular complexity index is 677. The van der Waals surface area contributed by atoms with Crippen molar-refractivity contribution in [2.75, 3.05) is 11.9 Å². The van der Waals surface area contributed by atoms with E-state index in [1.165, 1.54) is 6.07 Å². The monoisotopic (exact) mass is 282 g/mol. The molecule has 2 aromatic carbocycles. The molecular weight excluding hydrogens is 267 g/mol. The average molecular weight is 282 g/mol. The maximum Gasteiger partial charge on any atom is 0.143 e. The Morgan fingerprint density at radius 1 is 1.24 bits per heavy atom. The molecule has 0 spiro atoms. The Labute approximate surface area is 123 Å². The van der Waals surface area contributed by atoms with Gasteiger partial charge in [-0.1, -0.05) is 36.9 Å². The van der Waals surface area contributed by atoms with Crippen molar-refractivity contribution in [3.8, 4) is 11.8 Å². The van der Waals surface area contributed by atoms with Crippen molar-refractivity contribution in [1.82, 2.24) is 0 Å². The summed E-state index contributed by atoms with van der Waals surface area (Å²) in [4.78, 5) is 0. The second-order valence-electron chi connectivity index (χ2n) is 4.34. The van der Waals surface area contributed by atoms with Crippen LogP contribution in [-0.2, 0) is 6.54 Å². The van der Waals surface area contributed by atoms with Crippen LogP contribution in [0.1, 0.15) is 11.1 Å². The number of nitrogens with zero attached hydrogens (tertiary/aromatic N) is 1. The lowest BCUT2D eigenvalue weighted by molar-refractivity contribution is 0.359. The smallest absolute Gasteiger partial charge is 0.143 e. The van der Waals surface area contributed by atoms with Crippen LogP contribution in [0.15, 0.2) is 55.1 Å². The lowest BCUT2D eigenvalue weighted by Crippen LogP contribution is -2.05. The van der Waals surface area contributed by atoms with Crippen LogP contribution in [0.4, 0.5) is 10.1 Å². The van der Waals surface area contributed by atoms with E-state index >= 15 is 0 Å². The zero-order chi connectivity index (χ0) is 15.1. The highest BCUT2D eigenvalue weighted by atomic mass is 19.1. The first kappa shape index (κ1) is 14.6. The van der Waals surface area contributed by atoms with Crippen LogP contribution in [-0.4, -0.2) is 6.61 Å². The van der Waals surface area contributed by atoms with Gasteiger partial charge in [0.25, 0.3) is 0 Å². The fraction of sp³-hybridized carbons (Fsp3) is 0.118. The summed E-state index contributed by atoms with van der Waals surface area (Å²) in [5, 5.41) is 12.1. The van der Waals surface area contributed by atoms with Gasteiger partial charge in [0.1, 0.15) is 29.8 Å². The van der Waals surface area contributed by atoms with Crippen molar-refractivity contribution in [2.24, 2.45) is 0 Å². The SMILES string of the molecule is C=CCOc1ccccc1CNc1cccc(F)c1C#N. The summed E-state index contributed by atoms with van der Waals surface area (Å²) in [5.74, 6) is 0.207. The Kier molecular flexibility index (Phi) is 4.94. The third-order valence-corrected chi connectivity index (χ3v) is 2.92. The van der Waals surface area contributed by atoms with Crippen molar-refractivity contribution < 1.29 is 9.13 Å². The number of anilines is 1. The largest absolute Gasteiger partial charge is 0.489 e. The van der Waals surface area contributed by atoms with Gasteiger partial charge < -0.3 is 10.1 Å². The van der Waals surface area contributed by atoms with E-state index in [2.05, 4.69) is 11.9 Å². The van der Waals surface area contributed by atoms with Crippen LogP contribution >= 0.6 is 0 Å². The predicted octanol–water partition coefficient (Wildman–Crippen LogP) is 3.87. The van der Waals surface area contributed by atoms with Gasteiger partial charge in [-0.15, -0.1) is 0 Å². The molecule has 106 valence electrons. The van der Waals surface area contributed by atoms with E-state index in [0.29, 0.717) is 18.8 Å². The maximum atomic E-state index is 13.5. The summed E-state index contributed by atoms with van der Waals surface area (Å²) in [6, 6.07) is 13.9. The van der Waals surface area contributed by atoms with Gasteiger partial charge in [0.2, 0.25) is 0 Å². The number of hydrogen-bond acceptors (Lipinski definition) is 3. The molecule has 0 bridgehead atoms. The highest BCUT2D eigenvalue weighted by Gasteiger charge is 2.08. The molecular formula is C17H15FN2O. The second kappa shape index (κ2) is 7.11. The molecule has 0 aliphatic heterocycles. The van der Waals surface area contributed by atoms with E-state index in [9.17, 15) is 4.39 Å². The van der Waals surface area contributed by atoms with Gasteiger partial charge in [-0.05, 0) is 18.2 Å². The molecule has 0 unspecified atom stereocenters. The summed E-state index contributed by atoms with van der Waals surface area (Å²) < 4.78 is 19.1. The maximum absolute atomic E-state index is 13.5. The first-order chi connectivity index (χ1) is 10.3. The summed E-state index contributed by atoms with van der Waals surface area (Å²) in [6.45, 7) is 4.47. The van der Waals surface area contributed by atoms with Gasteiger partial charge in [-0.3, -0.25) is 0 Å². The van der Waals surface area contributed by atoms with Crippen LogP contribution in [0, 0.1) is 17.1 Å². The highest BCUT2D eigenvalue weighted by molar-refractivity contribution is 5.58. The molecule has 2 rings (SSSR count). The minimum absolute atomic E-state index is 0.0157. The molecule has 3 nitrogen and oxygen atoms in total. The lowest BCUT2D eigenvalue weighted by Gasteiger charge is -2.12. The summed E-state index contributed by atoms with van der Waals surface area (Å²) >= 11 is 0. The molecule has 21 heavy (non-hydrogen) atoms. The van der Waals surface area contributed by atoms with Crippen molar-refractivity contribution >= 4 is 5.69 Å². The molecule has 2 aromatic rings.